The number of rotatable bonds is 6. The number of benzene rings is 1. The Hall–Kier alpha value is -0.540. The molecule has 2 nitrogen and oxygen atoms in total. The lowest BCUT2D eigenvalue weighted by Crippen LogP contribution is -2.25. The molecule has 0 radical (unpaired) electrons. The summed E-state index contributed by atoms with van der Waals surface area (Å²) in [6.45, 7) is 1.56. The van der Waals surface area contributed by atoms with Gasteiger partial charge in [0, 0.05) is 10.7 Å². The molecule has 0 heterocycles. The van der Waals surface area contributed by atoms with E-state index >= 15 is 0 Å². The molecule has 2 rings (SSSR count). The Morgan fingerprint density at radius 1 is 1.17 bits per heavy atom. The summed E-state index contributed by atoms with van der Waals surface area (Å²) in [6.07, 6.45) is 5.27. The molecule has 1 aromatic rings. The van der Waals surface area contributed by atoms with Gasteiger partial charge in [-0.05, 0) is 30.5 Å². The van der Waals surface area contributed by atoms with Gasteiger partial charge in [0.05, 0.1) is 20.3 Å². The van der Waals surface area contributed by atoms with E-state index in [2.05, 4.69) is 28.1 Å². The highest BCUT2D eigenvalue weighted by atomic mass is 79.9. The van der Waals surface area contributed by atoms with Crippen LogP contribution in [0.4, 0.5) is 0 Å². The van der Waals surface area contributed by atoms with E-state index in [1.165, 1.54) is 31.2 Å². The van der Waals surface area contributed by atoms with Gasteiger partial charge in [0.25, 0.3) is 0 Å². The Morgan fingerprint density at radius 3 is 2.39 bits per heavy atom. The summed E-state index contributed by atoms with van der Waals surface area (Å²) in [5, 5.41) is 1.06. The minimum atomic E-state index is 0.381. The fourth-order valence-electron chi connectivity index (χ4n) is 2.55. The van der Waals surface area contributed by atoms with Gasteiger partial charge in [-0.2, -0.15) is 0 Å². The predicted molar refractivity (Wildman–Crippen MR) is 77.3 cm³/mol. The topological polar surface area (TPSA) is 18.5 Å². The van der Waals surface area contributed by atoms with Gasteiger partial charge in [-0.3, -0.25) is 0 Å². The first-order valence-electron chi connectivity index (χ1n) is 6.55. The van der Waals surface area contributed by atoms with Crippen molar-refractivity contribution in [3.8, 4) is 5.75 Å². The molecule has 0 saturated heterocycles. The molecule has 100 valence electrons. The van der Waals surface area contributed by atoms with Crippen molar-refractivity contribution in [2.45, 2.75) is 32.3 Å². The lowest BCUT2D eigenvalue weighted by Gasteiger charge is -2.26. The van der Waals surface area contributed by atoms with Gasteiger partial charge >= 0.3 is 0 Å². The van der Waals surface area contributed by atoms with Crippen LogP contribution in [0.5, 0.6) is 5.75 Å². The highest BCUT2D eigenvalue weighted by Crippen LogP contribution is 2.39. The van der Waals surface area contributed by atoms with Crippen LogP contribution in [0.15, 0.2) is 24.3 Å². The molecule has 1 aliphatic carbocycles. The third-order valence-electron chi connectivity index (χ3n) is 3.78. The maximum atomic E-state index is 5.90. The number of hydrogen-bond acceptors (Lipinski definition) is 2. The molecule has 0 aliphatic heterocycles. The minimum Gasteiger partial charge on any atom is -0.497 e. The van der Waals surface area contributed by atoms with Crippen LogP contribution < -0.4 is 4.74 Å². The molecule has 0 unspecified atom stereocenters. The van der Waals surface area contributed by atoms with E-state index < -0.39 is 0 Å². The molecule has 1 fully saturated rings. The second-order valence-corrected chi connectivity index (χ2v) is 5.74. The van der Waals surface area contributed by atoms with Gasteiger partial charge < -0.3 is 9.47 Å². The third kappa shape index (κ3) is 3.48. The Balaban J connectivity index is 1.80. The summed E-state index contributed by atoms with van der Waals surface area (Å²) in [5.74, 6) is 0.895. The number of halogens is 1. The largest absolute Gasteiger partial charge is 0.497 e. The molecule has 1 aliphatic rings. The summed E-state index contributed by atoms with van der Waals surface area (Å²) < 4.78 is 11.0. The Bertz CT molecular complexity index is 355. The highest BCUT2D eigenvalue weighted by Gasteiger charge is 2.32. The molecule has 0 atom stereocenters. The molecule has 0 N–H and O–H groups in total. The molecule has 0 spiro atoms. The maximum absolute atomic E-state index is 5.90. The first-order chi connectivity index (χ1) is 8.78. The number of hydrogen-bond donors (Lipinski definition) is 0. The van der Waals surface area contributed by atoms with Crippen LogP contribution in [-0.4, -0.2) is 19.0 Å². The molecule has 0 aromatic heterocycles. The van der Waals surface area contributed by atoms with Crippen molar-refractivity contribution in [1.29, 1.82) is 0 Å². The van der Waals surface area contributed by atoms with Crippen LogP contribution in [0.1, 0.15) is 31.2 Å². The summed E-state index contributed by atoms with van der Waals surface area (Å²) in [6, 6.07) is 8.09. The van der Waals surface area contributed by atoms with Crippen LogP contribution in [0.2, 0.25) is 0 Å². The Labute approximate surface area is 118 Å². The van der Waals surface area contributed by atoms with Crippen LogP contribution in [-0.2, 0) is 11.3 Å². The van der Waals surface area contributed by atoms with E-state index in [1.807, 2.05) is 12.1 Å². The molecule has 0 bridgehead atoms. The summed E-state index contributed by atoms with van der Waals surface area (Å²) in [7, 11) is 1.69. The summed E-state index contributed by atoms with van der Waals surface area (Å²) in [4.78, 5) is 0. The average molecular weight is 313 g/mol. The zero-order valence-corrected chi connectivity index (χ0v) is 12.5. The third-order valence-corrected chi connectivity index (χ3v) is 4.97. The molecule has 0 amide bonds. The molecule has 3 heteroatoms. The minimum absolute atomic E-state index is 0.381. The van der Waals surface area contributed by atoms with Gasteiger partial charge in [-0.25, -0.2) is 0 Å². The van der Waals surface area contributed by atoms with Crippen molar-refractivity contribution in [2.24, 2.45) is 5.41 Å². The van der Waals surface area contributed by atoms with Crippen molar-refractivity contribution < 1.29 is 9.47 Å². The SMILES string of the molecule is COc1ccc(COCC2(CBr)CCCC2)cc1. The lowest BCUT2D eigenvalue weighted by atomic mass is 9.90. The number of ether oxygens (including phenoxy) is 2. The first kappa shape index (κ1) is 13.9. The molecule has 1 saturated carbocycles. The fraction of sp³-hybridized carbons (Fsp3) is 0.600. The quantitative estimate of drug-likeness (QED) is 0.734. The summed E-state index contributed by atoms with van der Waals surface area (Å²) in [5.41, 5.74) is 1.59. The molecule has 1 aromatic carbocycles. The maximum Gasteiger partial charge on any atom is 0.118 e. The van der Waals surface area contributed by atoms with Crippen molar-refractivity contribution >= 4 is 15.9 Å². The normalized spacial score (nSPS) is 17.9. The van der Waals surface area contributed by atoms with E-state index in [-0.39, 0.29) is 0 Å². The molecular weight excluding hydrogens is 292 g/mol. The summed E-state index contributed by atoms with van der Waals surface area (Å²) >= 11 is 3.64. The van der Waals surface area contributed by atoms with Crippen LogP contribution in [0.25, 0.3) is 0 Å². The van der Waals surface area contributed by atoms with E-state index in [0.29, 0.717) is 12.0 Å². The van der Waals surface area contributed by atoms with E-state index in [4.69, 9.17) is 9.47 Å². The van der Waals surface area contributed by atoms with E-state index in [1.54, 1.807) is 7.11 Å². The van der Waals surface area contributed by atoms with E-state index in [0.717, 1.165) is 17.7 Å². The van der Waals surface area contributed by atoms with Gasteiger partial charge in [0.2, 0.25) is 0 Å². The van der Waals surface area contributed by atoms with Gasteiger partial charge in [0.15, 0.2) is 0 Å². The average Bonchev–Trinajstić information content (AvgIpc) is 2.89. The first-order valence-corrected chi connectivity index (χ1v) is 7.67. The highest BCUT2D eigenvalue weighted by molar-refractivity contribution is 9.09. The van der Waals surface area contributed by atoms with Crippen LogP contribution in [0.3, 0.4) is 0 Å². The molecular formula is C15H21BrO2. The zero-order valence-electron chi connectivity index (χ0n) is 11.0. The monoisotopic (exact) mass is 312 g/mol. The number of alkyl halides is 1. The Kier molecular flexibility index (Phi) is 5.07. The van der Waals surface area contributed by atoms with Crippen LogP contribution >= 0.6 is 15.9 Å². The fourth-order valence-corrected chi connectivity index (χ4v) is 3.27. The van der Waals surface area contributed by atoms with Crippen LogP contribution in [0, 0.1) is 5.41 Å². The van der Waals surface area contributed by atoms with Crippen molar-refractivity contribution in [1.82, 2.24) is 0 Å². The number of methoxy groups -OCH3 is 1. The van der Waals surface area contributed by atoms with Gasteiger partial charge in [0.1, 0.15) is 5.75 Å². The second-order valence-electron chi connectivity index (χ2n) is 5.18. The van der Waals surface area contributed by atoms with Crippen molar-refractivity contribution in [3.05, 3.63) is 29.8 Å². The second kappa shape index (κ2) is 6.58. The van der Waals surface area contributed by atoms with Gasteiger partial charge in [-0.15, -0.1) is 0 Å². The van der Waals surface area contributed by atoms with Crippen molar-refractivity contribution in [3.63, 3.8) is 0 Å². The van der Waals surface area contributed by atoms with Crippen molar-refractivity contribution in [2.75, 3.05) is 19.0 Å². The zero-order chi connectivity index (χ0) is 12.8. The Morgan fingerprint density at radius 2 is 1.83 bits per heavy atom. The lowest BCUT2D eigenvalue weighted by molar-refractivity contribution is 0.0486. The predicted octanol–water partition coefficient (Wildman–Crippen LogP) is 4.17. The standard InChI is InChI=1S/C15H21BrO2/c1-17-14-6-4-13(5-7-14)10-18-12-15(11-16)8-2-3-9-15/h4-7H,2-3,8-12H2,1H3. The smallest absolute Gasteiger partial charge is 0.118 e. The molecule has 18 heavy (non-hydrogen) atoms. The van der Waals surface area contributed by atoms with Gasteiger partial charge in [-0.1, -0.05) is 40.9 Å². The van der Waals surface area contributed by atoms with E-state index in [9.17, 15) is 0 Å².